The van der Waals surface area contributed by atoms with E-state index in [4.69, 9.17) is 11.6 Å². The Morgan fingerprint density at radius 2 is 2.06 bits per heavy atom. The third-order valence-electron chi connectivity index (χ3n) is 3.09. The second kappa shape index (κ2) is 4.42. The molecule has 3 nitrogen and oxygen atoms in total. The molecular weight excluding hydrogens is 248 g/mol. The average Bonchev–Trinajstić information content (AvgIpc) is 2.83. The van der Waals surface area contributed by atoms with Gasteiger partial charge in [-0.25, -0.2) is 0 Å². The van der Waals surface area contributed by atoms with Crippen LogP contribution in [0.2, 0.25) is 5.02 Å². The standard InChI is InChI=1S/C14H13ClN2O/c15-9-4-5-14(18)13(8-9)17-12-3-1-2-11-10(12)6-7-16-11/h1-5,8,16-18H,6-7H2. The fourth-order valence-corrected chi connectivity index (χ4v) is 2.39. The molecule has 0 bridgehead atoms. The van der Waals surface area contributed by atoms with Crippen molar-refractivity contribution in [3.63, 3.8) is 0 Å². The van der Waals surface area contributed by atoms with Crippen molar-refractivity contribution in [3.8, 4) is 5.75 Å². The van der Waals surface area contributed by atoms with Crippen LogP contribution >= 0.6 is 11.6 Å². The lowest BCUT2D eigenvalue weighted by Crippen LogP contribution is -1.95. The molecule has 1 aliphatic rings. The fraction of sp³-hybridized carbons (Fsp3) is 0.143. The molecular formula is C14H13ClN2O. The van der Waals surface area contributed by atoms with Crippen molar-refractivity contribution in [2.75, 3.05) is 17.2 Å². The van der Waals surface area contributed by atoms with Crippen LogP contribution in [0.5, 0.6) is 5.75 Å². The van der Waals surface area contributed by atoms with E-state index in [0.717, 1.165) is 24.3 Å². The largest absolute Gasteiger partial charge is 0.506 e. The molecule has 0 amide bonds. The van der Waals surface area contributed by atoms with Crippen LogP contribution in [-0.2, 0) is 6.42 Å². The first-order valence-corrected chi connectivity index (χ1v) is 6.23. The maximum Gasteiger partial charge on any atom is 0.139 e. The monoisotopic (exact) mass is 260 g/mol. The summed E-state index contributed by atoms with van der Waals surface area (Å²) in [4.78, 5) is 0. The lowest BCUT2D eigenvalue weighted by molar-refractivity contribution is 0.478. The molecule has 1 heterocycles. The summed E-state index contributed by atoms with van der Waals surface area (Å²) in [6, 6.07) is 11.0. The van der Waals surface area contributed by atoms with Crippen molar-refractivity contribution in [2.24, 2.45) is 0 Å². The zero-order valence-corrected chi connectivity index (χ0v) is 10.5. The van der Waals surface area contributed by atoms with E-state index in [0.29, 0.717) is 10.7 Å². The van der Waals surface area contributed by atoms with E-state index >= 15 is 0 Å². The number of benzene rings is 2. The summed E-state index contributed by atoms with van der Waals surface area (Å²) in [7, 11) is 0. The molecule has 18 heavy (non-hydrogen) atoms. The van der Waals surface area contributed by atoms with Crippen LogP contribution in [0.1, 0.15) is 5.56 Å². The zero-order valence-electron chi connectivity index (χ0n) is 9.70. The van der Waals surface area contributed by atoms with Gasteiger partial charge in [0.05, 0.1) is 5.69 Å². The Morgan fingerprint density at radius 1 is 1.17 bits per heavy atom. The quantitative estimate of drug-likeness (QED) is 0.721. The van der Waals surface area contributed by atoms with Crippen molar-refractivity contribution in [1.29, 1.82) is 0 Å². The molecule has 3 N–H and O–H groups in total. The van der Waals surface area contributed by atoms with E-state index in [2.05, 4.69) is 16.7 Å². The highest BCUT2D eigenvalue weighted by Crippen LogP contribution is 2.34. The summed E-state index contributed by atoms with van der Waals surface area (Å²) in [5, 5.41) is 17.0. The van der Waals surface area contributed by atoms with E-state index in [1.54, 1.807) is 18.2 Å². The Balaban J connectivity index is 1.98. The summed E-state index contributed by atoms with van der Waals surface area (Å²) in [6.45, 7) is 0.954. The van der Waals surface area contributed by atoms with Gasteiger partial charge in [0.25, 0.3) is 0 Å². The van der Waals surface area contributed by atoms with Crippen LogP contribution in [0.15, 0.2) is 36.4 Å². The van der Waals surface area contributed by atoms with Gasteiger partial charge in [0.1, 0.15) is 5.75 Å². The minimum Gasteiger partial charge on any atom is -0.506 e. The average molecular weight is 261 g/mol. The van der Waals surface area contributed by atoms with Crippen molar-refractivity contribution < 1.29 is 5.11 Å². The van der Waals surface area contributed by atoms with Gasteiger partial charge < -0.3 is 15.7 Å². The lowest BCUT2D eigenvalue weighted by Gasteiger charge is -2.12. The smallest absolute Gasteiger partial charge is 0.139 e. The SMILES string of the molecule is Oc1ccc(Cl)cc1Nc1cccc2c1CCN2. The Bertz CT molecular complexity index is 598. The topological polar surface area (TPSA) is 44.3 Å². The number of rotatable bonds is 2. The molecule has 3 rings (SSSR count). The molecule has 92 valence electrons. The molecule has 0 atom stereocenters. The number of phenolic OH excluding ortho intramolecular Hbond substituents is 1. The third-order valence-corrected chi connectivity index (χ3v) is 3.33. The fourth-order valence-electron chi connectivity index (χ4n) is 2.21. The number of nitrogens with one attached hydrogen (secondary N) is 2. The number of fused-ring (bicyclic) bond motifs is 1. The summed E-state index contributed by atoms with van der Waals surface area (Å²) in [5.41, 5.74) is 4.04. The summed E-state index contributed by atoms with van der Waals surface area (Å²) < 4.78 is 0. The number of aromatic hydroxyl groups is 1. The van der Waals surface area contributed by atoms with Gasteiger partial charge in [-0.1, -0.05) is 17.7 Å². The predicted molar refractivity (Wildman–Crippen MR) is 75.0 cm³/mol. The Hall–Kier alpha value is -1.87. The van der Waals surface area contributed by atoms with Gasteiger partial charge in [-0.2, -0.15) is 0 Å². The third kappa shape index (κ3) is 1.97. The van der Waals surface area contributed by atoms with Crippen molar-refractivity contribution in [3.05, 3.63) is 47.0 Å². The van der Waals surface area contributed by atoms with E-state index < -0.39 is 0 Å². The van der Waals surface area contributed by atoms with Crippen LogP contribution in [0.4, 0.5) is 17.1 Å². The van der Waals surface area contributed by atoms with Crippen LogP contribution in [0, 0.1) is 0 Å². The molecule has 0 saturated heterocycles. The van der Waals surface area contributed by atoms with E-state index in [1.165, 1.54) is 5.56 Å². The summed E-state index contributed by atoms with van der Waals surface area (Å²) >= 11 is 5.94. The van der Waals surface area contributed by atoms with Gasteiger partial charge in [0, 0.05) is 28.5 Å². The maximum atomic E-state index is 9.81. The van der Waals surface area contributed by atoms with Crippen LogP contribution < -0.4 is 10.6 Å². The number of phenols is 1. The van der Waals surface area contributed by atoms with Gasteiger partial charge in [-0.3, -0.25) is 0 Å². The first kappa shape index (κ1) is 11.2. The van der Waals surface area contributed by atoms with E-state index in [1.807, 2.05) is 12.1 Å². The molecule has 1 aliphatic heterocycles. The Kier molecular flexibility index (Phi) is 2.76. The molecule has 2 aromatic rings. The van der Waals surface area contributed by atoms with Gasteiger partial charge in [0.15, 0.2) is 0 Å². The van der Waals surface area contributed by atoms with E-state index in [9.17, 15) is 5.11 Å². The highest BCUT2D eigenvalue weighted by molar-refractivity contribution is 6.31. The molecule has 0 fully saturated rings. The molecule has 0 unspecified atom stereocenters. The highest BCUT2D eigenvalue weighted by atomic mass is 35.5. The van der Waals surface area contributed by atoms with Crippen LogP contribution in [0.25, 0.3) is 0 Å². The first-order valence-electron chi connectivity index (χ1n) is 5.85. The first-order chi connectivity index (χ1) is 8.74. The zero-order chi connectivity index (χ0) is 12.5. The van der Waals surface area contributed by atoms with Crippen molar-refractivity contribution in [2.45, 2.75) is 6.42 Å². The second-order valence-corrected chi connectivity index (χ2v) is 4.73. The van der Waals surface area contributed by atoms with Gasteiger partial charge >= 0.3 is 0 Å². The van der Waals surface area contributed by atoms with Crippen LogP contribution in [0.3, 0.4) is 0 Å². The normalized spacial score (nSPS) is 12.9. The minimum absolute atomic E-state index is 0.197. The highest BCUT2D eigenvalue weighted by Gasteiger charge is 2.14. The molecule has 0 saturated carbocycles. The molecule has 4 heteroatoms. The van der Waals surface area contributed by atoms with Crippen molar-refractivity contribution in [1.82, 2.24) is 0 Å². The minimum atomic E-state index is 0.197. The molecule has 0 aromatic heterocycles. The number of halogens is 1. The number of anilines is 3. The number of hydrogen-bond donors (Lipinski definition) is 3. The summed E-state index contributed by atoms with van der Waals surface area (Å²) in [5.74, 6) is 0.197. The van der Waals surface area contributed by atoms with Crippen LogP contribution in [-0.4, -0.2) is 11.7 Å². The van der Waals surface area contributed by atoms with E-state index in [-0.39, 0.29) is 5.75 Å². The lowest BCUT2D eigenvalue weighted by atomic mass is 10.1. The summed E-state index contributed by atoms with van der Waals surface area (Å²) in [6.07, 6.45) is 0.986. The number of hydrogen-bond acceptors (Lipinski definition) is 3. The van der Waals surface area contributed by atoms with Gasteiger partial charge in [-0.15, -0.1) is 0 Å². The Labute approximate surface area is 110 Å². The van der Waals surface area contributed by atoms with Crippen molar-refractivity contribution >= 4 is 28.7 Å². The maximum absolute atomic E-state index is 9.81. The Morgan fingerprint density at radius 3 is 2.94 bits per heavy atom. The molecule has 0 radical (unpaired) electrons. The van der Waals surface area contributed by atoms with Gasteiger partial charge in [-0.05, 0) is 36.8 Å². The predicted octanol–water partition coefficient (Wildman–Crippen LogP) is 3.76. The van der Waals surface area contributed by atoms with Gasteiger partial charge in [0.2, 0.25) is 0 Å². The molecule has 0 spiro atoms. The molecule has 2 aromatic carbocycles. The molecule has 0 aliphatic carbocycles. The second-order valence-electron chi connectivity index (χ2n) is 4.29.